The van der Waals surface area contributed by atoms with Crippen LogP contribution in [0.15, 0.2) is 30.3 Å². The van der Waals surface area contributed by atoms with Crippen LogP contribution in [0.4, 0.5) is 13.2 Å². The SMILES string of the molecule is O=C(O)c1cc(C(=O)Oc2ccc(C(F)(F)F)cc2)sn1. The van der Waals surface area contributed by atoms with E-state index in [1.54, 1.807) is 0 Å². The van der Waals surface area contributed by atoms with Gasteiger partial charge in [-0.25, -0.2) is 9.59 Å². The van der Waals surface area contributed by atoms with Crippen molar-refractivity contribution >= 4 is 23.5 Å². The number of alkyl halides is 3. The highest BCUT2D eigenvalue weighted by molar-refractivity contribution is 7.08. The first-order chi connectivity index (χ1) is 9.77. The quantitative estimate of drug-likeness (QED) is 0.695. The summed E-state index contributed by atoms with van der Waals surface area (Å²) in [6.45, 7) is 0. The molecule has 0 spiro atoms. The predicted octanol–water partition coefficient (Wildman–Crippen LogP) is 3.08. The van der Waals surface area contributed by atoms with E-state index in [0.29, 0.717) is 11.5 Å². The van der Waals surface area contributed by atoms with Crippen LogP contribution in [0.5, 0.6) is 5.75 Å². The van der Waals surface area contributed by atoms with Gasteiger partial charge in [-0.1, -0.05) is 0 Å². The molecule has 9 heteroatoms. The Kier molecular flexibility index (Phi) is 3.94. The Bertz CT molecular complexity index is 679. The summed E-state index contributed by atoms with van der Waals surface area (Å²) in [5.74, 6) is -2.27. The summed E-state index contributed by atoms with van der Waals surface area (Å²) in [5.41, 5.74) is -1.17. The Labute approximate surface area is 119 Å². The van der Waals surface area contributed by atoms with Gasteiger partial charge in [0.1, 0.15) is 10.6 Å². The van der Waals surface area contributed by atoms with Crippen molar-refractivity contribution in [3.63, 3.8) is 0 Å². The Morgan fingerprint density at radius 1 is 1.19 bits per heavy atom. The van der Waals surface area contributed by atoms with E-state index in [4.69, 9.17) is 9.84 Å². The van der Waals surface area contributed by atoms with Gasteiger partial charge >= 0.3 is 18.1 Å². The third-order valence-electron chi connectivity index (χ3n) is 2.32. The van der Waals surface area contributed by atoms with Crippen LogP contribution in [0.1, 0.15) is 25.7 Å². The summed E-state index contributed by atoms with van der Waals surface area (Å²) < 4.78 is 45.4. The molecule has 0 unspecified atom stereocenters. The van der Waals surface area contributed by atoms with E-state index < -0.39 is 23.7 Å². The molecule has 0 radical (unpaired) electrons. The number of carboxylic acid groups (broad SMARTS) is 1. The fourth-order valence-corrected chi connectivity index (χ4v) is 1.95. The van der Waals surface area contributed by atoms with Crippen LogP contribution in [0, 0.1) is 0 Å². The van der Waals surface area contributed by atoms with Crippen molar-refractivity contribution in [2.75, 3.05) is 0 Å². The number of carboxylic acids is 1. The topological polar surface area (TPSA) is 76.5 Å². The van der Waals surface area contributed by atoms with Crippen molar-refractivity contribution in [3.05, 3.63) is 46.5 Å². The number of nitrogens with zero attached hydrogens (tertiary/aromatic N) is 1. The number of carbonyl (C=O) groups is 2. The van der Waals surface area contributed by atoms with Gasteiger partial charge in [0, 0.05) is 0 Å². The lowest BCUT2D eigenvalue weighted by Crippen LogP contribution is -2.08. The fourth-order valence-electron chi connectivity index (χ4n) is 1.34. The third-order valence-corrected chi connectivity index (χ3v) is 3.09. The zero-order valence-corrected chi connectivity index (χ0v) is 10.9. The van der Waals surface area contributed by atoms with Crippen LogP contribution < -0.4 is 4.74 Å². The number of carbonyl (C=O) groups excluding carboxylic acids is 1. The predicted molar refractivity (Wildman–Crippen MR) is 65.5 cm³/mol. The van der Waals surface area contributed by atoms with E-state index in [-0.39, 0.29) is 16.3 Å². The Morgan fingerprint density at radius 3 is 2.29 bits per heavy atom. The number of aromatic carboxylic acids is 1. The van der Waals surface area contributed by atoms with Gasteiger partial charge in [-0.15, -0.1) is 0 Å². The van der Waals surface area contributed by atoms with E-state index in [0.717, 1.165) is 30.3 Å². The van der Waals surface area contributed by atoms with Gasteiger partial charge in [0.15, 0.2) is 5.69 Å². The van der Waals surface area contributed by atoms with Crippen molar-refractivity contribution in [2.45, 2.75) is 6.18 Å². The molecule has 1 N–H and O–H groups in total. The molecular formula is C12H6F3NO4S. The Hall–Kier alpha value is -2.42. The van der Waals surface area contributed by atoms with E-state index in [1.165, 1.54) is 0 Å². The monoisotopic (exact) mass is 317 g/mol. The van der Waals surface area contributed by atoms with Gasteiger partial charge in [0.25, 0.3) is 0 Å². The molecule has 0 amide bonds. The molecule has 21 heavy (non-hydrogen) atoms. The normalized spacial score (nSPS) is 11.2. The van der Waals surface area contributed by atoms with Crippen LogP contribution in [-0.4, -0.2) is 21.4 Å². The number of rotatable bonds is 3. The second kappa shape index (κ2) is 5.52. The second-order valence-electron chi connectivity index (χ2n) is 3.79. The van der Waals surface area contributed by atoms with Crippen LogP contribution in [-0.2, 0) is 6.18 Å². The molecular weight excluding hydrogens is 311 g/mol. The Morgan fingerprint density at radius 2 is 1.81 bits per heavy atom. The summed E-state index contributed by atoms with van der Waals surface area (Å²) in [6.07, 6.45) is -4.48. The van der Waals surface area contributed by atoms with Crippen molar-refractivity contribution in [2.24, 2.45) is 0 Å². The van der Waals surface area contributed by atoms with Crippen molar-refractivity contribution in [1.82, 2.24) is 4.37 Å². The first-order valence-corrected chi connectivity index (χ1v) is 6.14. The first kappa shape index (κ1) is 15.0. The lowest BCUT2D eigenvalue weighted by atomic mass is 10.2. The van der Waals surface area contributed by atoms with E-state index >= 15 is 0 Å². The number of aromatic nitrogens is 1. The number of ether oxygens (including phenoxy) is 1. The highest BCUT2D eigenvalue weighted by Crippen LogP contribution is 2.30. The summed E-state index contributed by atoms with van der Waals surface area (Å²) in [4.78, 5) is 22.2. The molecule has 0 aliphatic heterocycles. The van der Waals surface area contributed by atoms with Crippen molar-refractivity contribution in [3.8, 4) is 5.75 Å². The minimum atomic E-state index is -4.48. The maximum atomic E-state index is 12.4. The van der Waals surface area contributed by atoms with Gasteiger partial charge in [-0.05, 0) is 41.9 Å². The molecule has 1 aromatic carbocycles. The van der Waals surface area contributed by atoms with Gasteiger partial charge in [-0.2, -0.15) is 17.5 Å². The molecule has 0 aliphatic carbocycles. The average Bonchev–Trinajstić information content (AvgIpc) is 2.88. The largest absolute Gasteiger partial charge is 0.476 e. The minimum absolute atomic E-state index is 0.0627. The van der Waals surface area contributed by atoms with Gasteiger partial charge < -0.3 is 9.84 Å². The van der Waals surface area contributed by atoms with E-state index in [9.17, 15) is 22.8 Å². The lowest BCUT2D eigenvalue weighted by molar-refractivity contribution is -0.137. The number of halogens is 3. The van der Waals surface area contributed by atoms with Crippen LogP contribution >= 0.6 is 11.5 Å². The second-order valence-corrected chi connectivity index (χ2v) is 4.60. The van der Waals surface area contributed by atoms with Crippen molar-refractivity contribution in [1.29, 1.82) is 0 Å². The fraction of sp³-hybridized carbons (Fsp3) is 0.0833. The molecule has 5 nitrogen and oxygen atoms in total. The zero-order chi connectivity index (χ0) is 15.6. The van der Waals surface area contributed by atoms with Crippen LogP contribution in [0.25, 0.3) is 0 Å². The van der Waals surface area contributed by atoms with E-state index in [1.807, 2.05) is 0 Å². The molecule has 110 valence electrons. The maximum Gasteiger partial charge on any atom is 0.416 e. The molecule has 1 aromatic heterocycles. The molecule has 0 saturated heterocycles. The molecule has 1 heterocycles. The van der Waals surface area contributed by atoms with Gasteiger partial charge in [0.2, 0.25) is 0 Å². The van der Waals surface area contributed by atoms with E-state index in [2.05, 4.69) is 4.37 Å². The summed E-state index contributed by atoms with van der Waals surface area (Å²) in [7, 11) is 0. The lowest BCUT2D eigenvalue weighted by Gasteiger charge is -2.07. The number of esters is 1. The molecule has 0 bridgehead atoms. The molecule has 0 aliphatic rings. The molecule has 0 saturated carbocycles. The Balaban J connectivity index is 2.10. The molecule has 0 atom stereocenters. The standard InChI is InChI=1S/C12H6F3NO4S/c13-12(14,15)6-1-3-7(4-2-6)20-11(19)9-5-8(10(17)18)16-21-9/h1-5H,(H,17,18). The number of hydrogen-bond donors (Lipinski definition) is 1. The first-order valence-electron chi connectivity index (χ1n) is 5.37. The minimum Gasteiger partial charge on any atom is -0.476 e. The van der Waals surface area contributed by atoms with Crippen molar-refractivity contribution < 1.29 is 32.6 Å². The van der Waals surface area contributed by atoms with Crippen LogP contribution in [0.2, 0.25) is 0 Å². The van der Waals surface area contributed by atoms with Gasteiger partial charge in [-0.3, -0.25) is 0 Å². The molecule has 2 aromatic rings. The molecule has 2 rings (SSSR count). The highest BCUT2D eigenvalue weighted by atomic mass is 32.1. The molecule has 0 fully saturated rings. The van der Waals surface area contributed by atoms with Crippen LogP contribution in [0.3, 0.4) is 0 Å². The summed E-state index contributed by atoms with van der Waals surface area (Å²) in [6, 6.07) is 4.58. The number of hydrogen-bond acceptors (Lipinski definition) is 5. The smallest absolute Gasteiger partial charge is 0.416 e. The third kappa shape index (κ3) is 3.57. The maximum absolute atomic E-state index is 12.4. The average molecular weight is 317 g/mol. The summed E-state index contributed by atoms with van der Waals surface area (Å²) >= 11 is 0.627. The van der Waals surface area contributed by atoms with Gasteiger partial charge in [0.05, 0.1) is 5.56 Å². The summed E-state index contributed by atoms with van der Waals surface area (Å²) in [5, 5.41) is 8.66. The number of benzene rings is 1. The zero-order valence-electron chi connectivity index (χ0n) is 10.0. The highest BCUT2D eigenvalue weighted by Gasteiger charge is 2.30.